The first-order chi connectivity index (χ1) is 12.6. The van der Waals surface area contributed by atoms with E-state index in [2.05, 4.69) is 20.9 Å². The van der Waals surface area contributed by atoms with E-state index in [1.54, 1.807) is 6.20 Å². The van der Waals surface area contributed by atoms with Crippen molar-refractivity contribution < 1.29 is 14.3 Å². The molecule has 0 saturated carbocycles. The normalized spacial score (nSPS) is 11.9. The third-order valence-electron chi connectivity index (χ3n) is 3.59. The van der Waals surface area contributed by atoms with Crippen LogP contribution in [0.25, 0.3) is 0 Å². The second kappa shape index (κ2) is 8.93. The highest BCUT2D eigenvalue weighted by molar-refractivity contribution is 9.11. The predicted molar refractivity (Wildman–Crippen MR) is 104 cm³/mol. The van der Waals surface area contributed by atoms with Crippen molar-refractivity contribution in [2.75, 3.05) is 0 Å². The fourth-order valence-electron chi connectivity index (χ4n) is 2.36. The van der Waals surface area contributed by atoms with Crippen molar-refractivity contribution in [3.8, 4) is 10.9 Å². The molecule has 0 spiro atoms. The van der Waals surface area contributed by atoms with E-state index in [-0.39, 0.29) is 6.42 Å². The Hall–Kier alpha value is -2.22. The topological polar surface area (TPSA) is 74.4 Å². The highest BCUT2D eigenvalue weighted by atomic mass is 79.9. The average molecular weight is 433 g/mol. The van der Waals surface area contributed by atoms with Gasteiger partial charge < -0.3 is 15.2 Å². The summed E-state index contributed by atoms with van der Waals surface area (Å²) in [6.07, 6.45) is 1.40. The van der Waals surface area contributed by atoms with Crippen LogP contribution >= 0.6 is 27.3 Å². The zero-order valence-electron chi connectivity index (χ0n) is 13.8. The average Bonchev–Trinajstić information content (AvgIpc) is 3.05. The summed E-state index contributed by atoms with van der Waals surface area (Å²) in [5, 5.41) is 0.554. The number of carbonyl (C=O) groups is 1. The molecule has 7 heteroatoms. The highest BCUT2D eigenvalue weighted by Crippen LogP contribution is 2.31. The van der Waals surface area contributed by atoms with Gasteiger partial charge in [0.2, 0.25) is 5.91 Å². The SMILES string of the molecule is NC(=O)CC(OCc1ccccc1)c1ccc(Oc2ncc(Br)s2)cc1. The molecule has 0 fully saturated rings. The molecule has 3 aromatic rings. The molecule has 0 aliphatic heterocycles. The van der Waals surface area contributed by atoms with Gasteiger partial charge in [-0.1, -0.05) is 53.8 Å². The number of carbonyl (C=O) groups excluding carboxylic acids is 1. The molecule has 134 valence electrons. The van der Waals surface area contributed by atoms with E-state index < -0.39 is 12.0 Å². The van der Waals surface area contributed by atoms with Crippen molar-refractivity contribution >= 4 is 33.2 Å². The van der Waals surface area contributed by atoms with Gasteiger partial charge in [0.05, 0.1) is 29.1 Å². The summed E-state index contributed by atoms with van der Waals surface area (Å²) in [6.45, 7) is 0.407. The summed E-state index contributed by atoms with van der Waals surface area (Å²) in [5.74, 6) is 0.257. The van der Waals surface area contributed by atoms with Crippen LogP contribution in [0.15, 0.2) is 64.6 Å². The van der Waals surface area contributed by atoms with Gasteiger partial charge >= 0.3 is 0 Å². The molecule has 1 amide bonds. The van der Waals surface area contributed by atoms with Crippen molar-refractivity contribution in [3.05, 3.63) is 75.7 Å². The van der Waals surface area contributed by atoms with Gasteiger partial charge in [0.1, 0.15) is 5.75 Å². The summed E-state index contributed by atoms with van der Waals surface area (Å²) in [4.78, 5) is 15.5. The van der Waals surface area contributed by atoms with E-state index in [1.807, 2.05) is 54.6 Å². The monoisotopic (exact) mass is 432 g/mol. The molecule has 1 atom stereocenters. The van der Waals surface area contributed by atoms with E-state index in [9.17, 15) is 4.79 Å². The van der Waals surface area contributed by atoms with Crippen molar-refractivity contribution in [2.45, 2.75) is 19.1 Å². The van der Waals surface area contributed by atoms with Gasteiger partial charge in [-0.3, -0.25) is 4.79 Å². The number of aromatic nitrogens is 1. The molecule has 0 aliphatic carbocycles. The van der Waals surface area contributed by atoms with E-state index >= 15 is 0 Å². The first-order valence-electron chi connectivity index (χ1n) is 7.93. The van der Waals surface area contributed by atoms with Crippen LogP contribution in [-0.4, -0.2) is 10.9 Å². The van der Waals surface area contributed by atoms with Gasteiger partial charge in [-0.2, -0.15) is 0 Å². The summed E-state index contributed by atoms with van der Waals surface area (Å²) in [6, 6.07) is 17.2. The molecule has 0 radical (unpaired) electrons. The minimum absolute atomic E-state index is 0.118. The molecule has 0 aliphatic rings. The van der Waals surface area contributed by atoms with Crippen LogP contribution in [0.3, 0.4) is 0 Å². The Labute approximate surface area is 163 Å². The second-order valence-electron chi connectivity index (χ2n) is 5.56. The molecule has 2 N–H and O–H groups in total. The lowest BCUT2D eigenvalue weighted by atomic mass is 10.1. The molecular formula is C19H17BrN2O3S. The smallest absolute Gasteiger partial charge is 0.279 e. The zero-order chi connectivity index (χ0) is 18.4. The Balaban J connectivity index is 1.68. The molecule has 1 unspecified atom stereocenters. The first kappa shape index (κ1) is 18.6. The van der Waals surface area contributed by atoms with Gasteiger partial charge in [0.15, 0.2) is 0 Å². The molecule has 2 aromatic carbocycles. The molecule has 5 nitrogen and oxygen atoms in total. The van der Waals surface area contributed by atoms with Crippen molar-refractivity contribution in [1.29, 1.82) is 0 Å². The fraction of sp³-hybridized carbons (Fsp3) is 0.158. The van der Waals surface area contributed by atoms with Crippen molar-refractivity contribution in [1.82, 2.24) is 4.98 Å². The third kappa shape index (κ3) is 5.39. The summed E-state index contributed by atoms with van der Waals surface area (Å²) in [7, 11) is 0. The van der Waals surface area contributed by atoms with Gasteiger partial charge in [0.25, 0.3) is 5.19 Å². The third-order valence-corrected chi connectivity index (χ3v) is 4.95. The number of hydrogen-bond donors (Lipinski definition) is 1. The van der Waals surface area contributed by atoms with E-state index in [1.165, 1.54) is 11.3 Å². The number of ether oxygens (including phenoxy) is 2. The van der Waals surface area contributed by atoms with Gasteiger partial charge in [-0.05, 0) is 39.2 Å². The molecule has 1 aromatic heterocycles. The van der Waals surface area contributed by atoms with E-state index in [4.69, 9.17) is 15.2 Å². The maximum atomic E-state index is 11.4. The van der Waals surface area contributed by atoms with Gasteiger partial charge in [0, 0.05) is 0 Å². The number of nitrogens with zero attached hydrogens (tertiary/aromatic N) is 1. The van der Waals surface area contributed by atoms with Crippen LogP contribution in [0.1, 0.15) is 23.7 Å². The van der Waals surface area contributed by atoms with E-state index in [0.717, 1.165) is 14.9 Å². The second-order valence-corrected chi connectivity index (χ2v) is 7.93. The lowest BCUT2D eigenvalue weighted by molar-refractivity contribution is -0.121. The van der Waals surface area contributed by atoms with Crippen molar-refractivity contribution in [2.24, 2.45) is 5.73 Å². The van der Waals surface area contributed by atoms with Gasteiger partial charge in [-0.15, -0.1) is 0 Å². The number of primary amides is 1. The number of rotatable bonds is 8. The number of thiazole rings is 1. The minimum atomic E-state index is -0.407. The summed E-state index contributed by atoms with van der Waals surface area (Å²) in [5.41, 5.74) is 7.29. The number of benzene rings is 2. The molecule has 0 saturated heterocycles. The molecular weight excluding hydrogens is 416 g/mol. The van der Waals surface area contributed by atoms with Crippen LogP contribution in [0, 0.1) is 0 Å². The van der Waals surface area contributed by atoms with Crippen LogP contribution < -0.4 is 10.5 Å². The Morgan fingerprint density at radius 3 is 2.50 bits per heavy atom. The lowest BCUT2D eigenvalue weighted by Gasteiger charge is -2.17. The Morgan fingerprint density at radius 1 is 1.15 bits per heavy atom. The Kier molecular flexibility index (Phi) is 6.38. The maximum Gasteiger partial charge on any atom is 0.279 e. The minimum Gasteiger partial charge on any atom is -0.431 e. The largest absolute Gasteiger partial charge is 0.431 e. The fourth-order valence-corrected chi connectivity index (χ4v) is 3.40. The maximum absolute atomic E-state index is 11.4. The van der Waals surface area contributed by atoms with Crippen LogP contribution in [-0.2, 0) is 16.1 Å². The van der Waals surface area contributed by atoms with Gasteiger partial charge in [-0.25, -0.2) is 4.98 Å². The number of amides is 1. The number of hydrogen-bond acceptors (Lipinski definition) is 5. The van der Waals surface area contributed by atoms with Crippen LogP contribution in [0.4, 0.5) is 0 Å². The quantitative estimate of drug-likeness (QED) is 0.552. The number of halogens is 1. The molecule has 0 bridgehead atoms. The van der Waals surface area contributed by atoms with E-state index in [0.29, 0.717) is 17.6 Å². The Bertz CT molecular complexity index is 853. The molecule has 3 rings (SSSR count). The molecule has 26 heavy (non-hydrogen) atoms. The predicted octanol–water partition coefficient (Wildman–Crippen LogP) is 4.83. The zero-order valence-corrected chi connectivity index (χ0v) is 16.2. The van der Waals surface area contributed by atoms with Crippen LogP contribution in [0.5, 0.6) is 10.9 Å². The Morgan fingerprint density at radius 2 is 1.88 bits per heavy atom. The highest BCUT2D eigenvalue weighted by Gasteiger charge is 2.16. The standard InChI is InChI=1S/C19H17BrN2O3S/c20-17-11-22-19(26-17)25-15-8-6-14(7-9-15)16(10-18(21)23)24-12-13-4-2-1-3-5-13/h1-9,11,16H,10,12H2,(H2,21,23). The molecule has 1 heterocycles. The summed E-state index contributed by atoms with van der Waals surface area (Å²) < 4.78 is 12.5. The lowest BCUT2D eigenvalue weighted by Crippen LogP contribution is -2.17. The number of nitrogens with two attached hydrogens (primary N) is 1. The summed E-state index contributed by atoms with van der Waals surface area (Å²) >= 11 is 4.76. The van der Waals surface area contributed by atoms with Crippen LogP contribution in [0.2, 0.25) is 0 Å². The van der Waals surface area contributed by atoms with Crippen molar-refractivity contribution in [3.63, 3.8) is 0 Å². The first-order valence-corrected chi connectivity index (χ1v) is 9.54.